The van der Waals surface area contributed by atoms with Crippen LogP contribution in [0.15, 0.2) is 54.6 Å². The molecule has 0 aromatic heterocycles. The Kier molecular flexibility index (Phi) is 5.53. The molecule has 2 atom stereocenters. The molecule has 2 aliphatic heterocycles. The summed E-state index contributed by atoms with van der Waals surface area (Å²) in [6, 6.07) is 19.0. The van der Waals surface area contributed by atoms with Crippen LogP contribution in [0.4, 0.5) is 0 Å². The van der Waals surface area contributed by atoms with Gasteiger partial charge >= 0.3 is 0 Å². The first-order chi connectivity index (χ1) is 13.2. The number of hydrazine groups is 1. The summed E-state index contributed by atoms with van der Waals surface area (Å²) in [5.41, 5.74) is 10.3. The van der Waals surface area contributed by atoms with Crippen LogP contribution in [0.5, 0.6) is 0 Å². The van der Waals surface area contributed by atoms with Crippen LogP contribution in [0, 0.1) is 12.8 Å². The third kappa shape index (κ3) is 4.21. The van der Waals surface area contributed by atoms with E-state index in [1.54, 1.807) is 0 Å². The number of carbonyl (C=O) groups excluding carboxylic acids is 1. The fraction of sp³-hybridized carbons (Fsp3) is 0.409. The van der Waals surface area contributed by atoms with Crippen LogP contribution >= 0.6 is 0 Å². The van der Waals surface area contributed by atoms with Crippen molar-refractivity contribution in [2.75, 3.05) is 32.7 Å². The van der Waals surface area contributed by atoms with Gasteiger partial charge in [-0.25, -0.2) is 5.43 Å². The molecule has 2 aliphatic rings. The van der Waals surface area contributed by atoms with Crippen molar-refractivity contribution in [3.63, 3.8) is 0 Å². The number of hydrogen-bond donors (Lipinski definition) is 2. The van der Waals surface area contributed by atoms with Crippen molar-refractivity contribution in [2.45, 2.75) is 19.5 Å². The molecule has 5 nitrogen and oxygen atoms in total. The van der Waals surface area contributed by atoms with Gasteiger partial charge in [-0.1, -0.05) is 60.2 Å². The molecule has 27 heavy (non-hydrogen) atoms. The second-order valence-corrected chi connectivity index (χ2v) is 7.61. The number of piperazine rings is 1. The fourth-order valence-corrected chi connectivity index (χ4v) is 4.13. The predicted molar refractivity (Wildman–Crippen MR) is 107 cm³/mol. The molecule has 142 valence electrons. The molecule has 2 heterocycles. The maximum Gasteiger partial charge on any atom is 0.229 e. The van der Waals surface area contributed by atoms with E-state index in [0.717, 1.165) is 32.7 Å². The number of nitrogens with one attached hydrogen (secondary N) is 2. The molecule has 5 heteroatoms. The van der Waals surface area contributed by atoms with Crippen LogP contribution in [0.2, 0.25) is 0 Å². The molecular formula is C22H28N4O. The number of benzene rings is 2. The molecule has 0 bridgehead atoms. The summed E-state index contributed by atoms with van der Waals surface area (Å²) in [7, 11) is 0. The first kappa shape index (κ1) is 18.2. The Hall–Kier alpha value is -2.21. The lowest BCUT2D eigenvalue weighted by Gasteiger charge is -2.36. The molecule has 2 saturated heterocycles. The fourth-order valence-electron chi connectivity index (χ4n) is 4.13. The molecule has 0 spiro atoms. The lowest BCUT2D eigenvalue weighted by Crippen LogP contribution is -2.50. The summed E-state index contributed by atoms with van der Waals surface area (Å²) in [6.45, 7) is 7.26. The third-order valence-corrected chi connectivity index (χ3v) is 5.63. The lowest BCUT2D eigenvalue weighted by molar-refractivity contribution is -0.137. The van der Waals surface area contributed by atoms with Gasteiger partial charge in [-0.05, 0) is 18.1 Å². The topological polar surface area (TPSA) is 47.6 Å². The maximum absolute atomic E-state index is 13.1. The first-order valence-corrected chi connectivity index (χ1v) is 9.81. The summed E-state index contributed by atoms with van der Waals surface area (Å²) in [5.74, 6) is 0.215. The quantitative estimate of drug-likeness (QED) is 0.872. The average molecular weight is 364 g/mol. The molecular weight excluding hydrogens is 336 g/mol. The van der Waals surface area contributed by atoms with E-state index in [0.29, 0.717) is 6.54 Å². The van der Waals surface area contributed by atoms with Crippen molar-refractivity contribution in [2.24, 2.45) is 5.92 Å². The Morgan fingerprint density at radius 2 is 1.81 bits per heavy atom. The number of hydrogen-bond acceptors (Lipinski definition) is 4. The van der Waals surface area contributed by atoms with Gasteiger partial charge in [0.2, 0.25) is 5.91 Å². The van der Waals surface area contributed by atoms with Crippen molar-refractivity contribution < 1.29 is 4.79 Å². The second kappa shape index (κ2) is 8.21. The zero-order chi connectivity index (χ0) is 18.6. The summed E-state index contributed by atoms with van der Waals surface area (Å²) in [6.07, 6.45) is 0. The molecule has 0 aliphatic carbocycles. The molecule has 2 unspecified atom stereocenters. The van der Waals surface area contributed by atoms with E-state index in [-0.39, 0.29) is 17.9 Å². The molecule has 2 N–H and O–H groups in total. The minimum Gasteiger partial charge on any atom is -0.340 e. The largest absolute Gasteiger partial charge is 0.340 e. The van der Waals surface area contributed by atoms with Gasteiger partial charge in [0.05, 0.1) is 12.0 Å². The first-order valence-electron chi connectivity index (χ1n) is 9.81. The monoisotopic (exact) mass is 364 g/mol. The Morgan fingerprint density at radius 3 is 2.56 bits per heavy atom. The number of nitrogens with zero attached hydrogens (tertiary/aromatic N) is 2. The Morgan fingerprint density at radius 1 is 1.04 bits per heavy atom. The second-order valence-electron chi connectivity index (χ2n) is 7.61. The highest BCUT2D eigenvalue weighted by atomic mass is 16.2. The van der Waals surface area contributed by atoms with Crippen LogP contribution in [0.3, 0.4) is 0 Å². The third-order valence-electron chi connectivity index (χ3n) is 5.63. The van der Waals surface area contributed by atoms with Crippen LogP contribution in [-0.4, -0.2) is 48.4 Å². The number of carbonyl (C=O) groups is 1. The SMILES string of the molecule is Cc1cccc(CN2CCN(C(=O)C3CNNC3c3ccccc3)CC2)c1. The summed E-state index contributed by atoms with van der Waals surface area (Å²) in [5, 5.41) is 0. The minimum absolute atomic E-state index is 0.0454. The van der Waals surface area contributed by atoms with Crippen LogP contribution in [0.1, 0.15) is 22.7 Å². The molecule has 0 saturated carbocycles. The van der Waals surface area contributed by atoms with E-state index in [1.165, 1.54) is 16.7 Å². The van der Waals surface area contributed by atoms with Gasteiger partial charge in [0.15, 0.2) is 0 Å². The normalized spacial score (nSPS) is 23.5. The highest BCUT2D eigenvalue weighted by Gasteiger charge is 2.37. The van der Waals surface area contributed by atoms with E-state index < -0.39 is 0 Å². The molecule has 0 radical (unpaired) electrons. The van der Waals surface area contributed by atoms with E-state index in [1.807, 2.05) is 23.1 Å². The summed E-state index contributed by atoms with van der Waals surface area (Å²) < 4.78 is 0. The predicted octanol–water partition coefficient (Wildman–Crippen LogP) is 2.10. The van der Waals surface area contributed by atoms with Gasteiger partial charge in [-0.2, -0.15) is 0 Å². The van der Waals surface area contributed by atoms with Gasteiger partial charge in [0.25, 0.3) is 0 Å². The van der Waals surface area contributed by atoms with E-state index in [2.05, 4.69) is 59.1 Å². The molecule has 2 fully saturated rings. The van der Waals surface area contributed by atoms with Crippen molar-refractivity contribution in [1.29, 1.82) is 0 Å². The standard InChI is InChI=1S/C22H28N4O/c1-17-6-5-7-18(14-17)16-25-10-12-26(13-11-25)22(27)20-15-23-24-21(20)19-8-3-2-4-9-19/h2-9,14,20-21,23-24H,10-13,15-16H2,1H3. The van der Waals surface area contributed by atoms with Gasteiger partial charge in [-0.15, -0.1) is 0 Å². The van der Waals surface area contributed by atoms with Crippen molar-refractivity contribution in [3.8, 4) is 0 Å². The Bertz CT molecular complexity index is 771. The Balaban J connectivity index is 1.34. The number of rotatable bonds is 4. The van der Waals surface area contributed by atoms with E-state index in [4.69, 9.17) is 0 Å². The van der Waals surface area contributed by atoms with Gasteiger partial charge in [0.1, 0.15) is 0 Å². The van der Waals surface area contributed by atoms with Gasteiger partial charge in [-0.3, -0.25) is 15.1 Å². The lowest BCUT2D eigenvalue weighted by atomic mass is 9.93. The molecule has 2 aromatic rings. The number of aryl methyl sites for hydroxylation is 1. The van der Waals surface area contributed by atoms with Crippen LogP contribution in [-0.2, 0) is 11.3 Å². The van der Waals surface area contributed by atoms with E-state index >= 15 is 0 Å². The highest BCUT2D eigenvalue weighted by Crippen LogP contribution is 2.26. The number of amides is 1. The summed E-state index contributed by atoms with van der Waals surface area (Å²) >= 11 is 0. The smallest absolute Gasteiger partial charge is 0.229 e. The molecule has 1 amide bonds. The van der Waals surface area contributed by atoms with Crippen LogP contribution < -0.4 is 10.9 Å². The molecule has 4 rings (SSSR count). The van der Waals surface area contributed by atoms with Gasteiger partial charge < -0.3 is 4.90 Å². The Labute approximate surface area is 161 Å². The summed E-state index contributed by atoms with van der Waals surface area (Å²) in [4.78, 5) is 17.6. The van der Waals surface area contributed by atoms with Crippen molar-refractivity contribution in [3.05, 3.63) is 71.3 Å². The minimum atomic E-state index is -0.0456. The maximum atomic E-state index is 13.1. The average Bonchev–Trinajstić information content (AvgIpc) is 3.19. The van der Waals surface area contributed by atoms with Crippen molar-refractivity contribution in [1.82, 2.24) is 20.7 Å². The molecule has 2 aromatic carbocycles. The van der Waals surface area contributed by atoms with Crippen LogP contribution in [0.25, 0.3) is 0 Å². The highest BCUT2D eigenvalue weighted by molar-refractivity contribution is 5.80. The zero-order valence-corrected chi connectivity index (χ0v) is 15.9. The zero-order valence-electron chi connectivity index (χ0n) is 15.9. The van der Waals surface area contributed by atoms with Crippen molar-refractivity contribution >= 4 is 5.91 Å². The van der Waals surface area contributed by atoms with Gasteiger partial charge in [0, 0.05) is 39.3 Å². The van der Waals surface area contributed by atoms with E-state index in [9.17, 15) is 4.79 Å².